The molecule has 0 aromatic carbocycles. The summed E-state index contributed by atoms with van der Waals surface area (Å²) in [7, 11) is 0. The third-order valence-electron chi connectivity index (χ3n) is 4.23. The molecular formula is C18H18N6O. The molecule has 4 heterocycles. The second-order valence-corrected chi connectivity index (χ2v) is 6.02. The van der Waals surface area contributed by atoms with Crippen LogP contribution in [0.3, 0.4) is 0 Å². The van der Waals surface area contributed by atoms with Crippen molar-refractivity contribution in [3.05, 3.63) is 60.1 Å². The molecule has 0 amide bonds. The van der Waals surface area contributed by atoms with Crippen LogP contribution in [0.15, 0.2) is 43.0 Å². The SMILES string of the molecule is C[C@@H](O)c1nccc(N2CCc3nc(-c4ccncc4)ncc3C2)n1. The Hall–Kier alpha value is -2.93. The van der Waals surface area contributed by atoms with Crippen molar-refractivity contribution in [1.29, 1.82) is 0 Å². The van der Waals surface area contributed by atoms with E-state index in [2.05, 4.69) is 24.8 Å². The minimum absolute atomic E-state index is 0.438. The van der Waals surface area contributed by atoms with Gasteiger partial charge < -0.3 is 10.0 Å². The molecule has 1 aliphatic rings. The monoisotopic (exact) mass is 334 g/mol. The van der Waals surface area contributed by atoms with Crippen LogP contribution in [0.25, 0.3) is 11.4 Å². The van der Waals surface area contributed by atoms with Crippen molar-refractivity contribution in [3.8, 4) is 11.4 Å². The zero-order chi connectivity index (χ0) is 17.2. The molecule has 7 nitrogen and oxygen atoms in total. The fraction of sp³-hybridized carbons (Fsp3) is 0.278. The van der Waals surface area contributed by atoms with E-state index in [1.54, 1.807) is 25.5 Å². The molecule has 0 unspecified atom stereocenters. The lowest BCUT2D eigenvalue weighted by molar-refractivity contribution is 0.189. The van der Waals surface area contributed by atoms with Crippen molar-refractivity contribution in [2.24, 2.45) is 0 Å². The number of pyridine rings is 1. The van der Waals surface area contributed by atoms with Crippen LogP contribution in [0.1, 0.15) is 30.1 Å². The lowest BCUT2D eigenvalue weighted by Gasteiger charge is -2.29. The maximum Gasteiger partial charge on any atom is 0.159 e. The molecule has 0 saturated carbocycles. The summed E-state index contributed by atoms with van der Waals surface area (Å²) in [6.45, 7) is 3.18. The average Bonchev–Trinajstić information content (AvgIpc) is 2.68. The number of fused-ring (bicyclic) bond motifs is 1. The van der Waals surface area contributed by atoms with Gasteiger partial charge in [0.05, 0.1) is 5.69 Å². The van der Waals surface area contributed by atoms with Crippen molar-refractivity contribution in [3.63, 3.8) is 0 Å². The van der Waals surface area contributed by atoms with Gasteiger partial charge in [-0.05, 0) is 25.1 Å². The number of aliphatic hydroxyl groups excluding tert-OH is 1. The van der Waals surface area contributed by atoms with Gasteiger partial charge in [-0.3, -0.25) is 4.98 Å². The Bertz CT molecular complexity index is 884. The van der Waals surface area contributed by atoms with E-state index < -0.39 is 6.10 Å². The number of aliphatic hydroxyl groups is 1. The highest BCUT2D eigenvalue weighted by atomic mass is 16.3. The fourth-order valence-electron chi connectivity index (χ4n) is 2.89. The first-order valence-corrected chi connectivity index (χ1v) is 8.22. The zero-order valence-corrected chi connectivity index (χ0v) is 13.9. The summed E-state index contributed by atoms with van der Waals surface area (Å²) in [5.41, 5.74) is 3.14. The van der Waals surface area contributed by atoms with Gasteiger partial charge in [-0.25, -0.2) is 19.9 Å². The quantitative estimate of drug-likeness (QED) is 0.783. The minimum Gasteiger partial charge on any atom is -0.385 e. The second-order valence-electron chi connectivity index (χ2n) is 6.02. The van der Waals surface area contributed by atoms with Crippen LogP contribution in [-0.2, 0) is 13.0 Å². The number of nitrogens with zero attached hydrogens (tertiary/aromatic N) is 6. The Morgan fingerprint density at radius 3 is 2.72 bits per heavy atom. The molecule has 126 valence electrons. The van der Waals surface area contributed by atoms with Crippen LogP contribution < -0.4 is 4.90 Å². The molecule has 4 rings (SSSR count). The Morgan fingerprint density at radius 1 is 1.08 bits per heavy atom. The molecule has 3 aromatic rings. The third-order valence-corrected chi connectivity index (χ3v) is 4.23. The van der Waals surface area contributed by atoms with Crippen LogP contribution in [0, 0.1) is 0 Å². The average molecular weight is 334 g/mol. The Kier molecular flexibility index (Phi) is 4.07. The van der Waals surface area contributed by atoms with E-state index in [0.29, 0.717) is 12.4 Å². The maximum atomic E-state index is 9.68. The van der Waals surface area contributed by atoms with Crippen molar-refractivity contribution in [2.75, 3.05) is 11.4 Å². The number of hydrogen-bond acceptors (Lipinski definition) is 7. The van der Waals surface area contributed by atoms with E-state index in [1.165, 1.54) is 0 Å². The molecule has 0 aliphatic carbocycles. The van der Waals surface area contributed by atoms with Gasteiger partial charge in [-0.1, -0.05) is 0 Å². The summed E-state index contributed by atoms with van der Waals surface area (Å²) in [4.78, 5) is 24.0. The van der Waals surface area contributed by atoms with Gasteiger partial charge in [0.15, 0.2) is 11.6 Å². The summed E-state index contributed by atoms with van der Waals surface area (Å²) in [5, 5.41) is 9.68. The first kappa shape index (κ1) is 15.6. The highest BCUT2D eigenvalue weighted by molar-refractivity contribution is 5.54. The third kappa shape index (κ3) is 3.18. The molecule has 1 atom stereocenters. The fourth-order valence-corrected chi connectivity index (χ4v) is 2.89. The molecule has 0 fully saturated rings. The first-order valence-electron chi connectivity index (χ1n) is 8.22. The van der Waals surface area contributed by atoms with E-state index in [9.17, 15) is 5.11 Å². The highest BCUT2D eigenvalue weighted by Gasteiger charge is 2.20. The topological polar surface area (TPSA) is 87.9 Å². The predicted molar refractivity (Wildman–Crippen MR) is 92.7 cm³/mol. The zero-order valence-electron chi connectivity index (χ0n) is 13.9. The van der Waals surface area contributed by atoms with Gasteiger partial charge in [0.2, 0.25) is 0 Å². The van der Waals surface area contributed by atoms with E-state index in [4.69, 9.17) is 4.98 Å². The van der Waals surface area contributed by atoms with Crippen molar-refractivity contribution >= 4 is 5.82 Å². The van der Waals surface area contributed by atoms with E-state index >= 15 is 0 Å². The normalized spacial score (nSPS) is 14.9. The molecule has 0 radical (unpaired) electrons. The lowest BCUT2D eigenvalue weighted by atomic mass is 10.1. The molecule has 0 spiro atoms. The van der Waals surface area contributed by atoms with Crippen LogP contribution in [0.2, 0.25) is 0 Å². The molecule has 3 aromatic heterocycles. The van der Waals surface area contributed by atoms with Crippen molar-refractivity contribution in [1.82, 2.24) is 24.9 Å². The Balaban J connectivity index is 1.59. The summed E-state index contributed by atoms with van der Waals surface area (Å²) in [6, 6.07) is 5.69. The van der Waals surface area contributed by atoms with Crippen LogP contribution in [0.5, 0.6) is 0 Å². The molecule has 1 N–H and O–H groups in total. The Morgan fingerprint density at radius 2 is 1.92 bits per heavy atom. The molecule has 1 aliphatic heterocycles. The molecule has 0 bridgehead atoms. The van der Waals surface area contributed by atoms with Gasteiger partial charge in [-0.15, -0.1) is 0 Å². The van der Waals surface area contributed by atoms with Crippen LogP contribution in [0.4, 0.5) is 5.82 Å². The first-order chi connectivity index (χ1) is 12.2. The van der Waals surface area contributed by atoms with Gasteiger partial charge in [0.1, 0.15) is 11.9 Å². The smallest absolute Gasteiger partial charge is 0.159 e. The molecule has 7 heteroatoms. The minimum atomic E-state index is -0.678. The van der Waals surface area contributed by atoms with Gasteiger partial charge in [0.25, 0.3) is 0 Å². The molecular weight excluding hydrogens is 316 g/mol. The van der Waals surface area contributed by atoms with Gasteiger partial charge in [-0.2, -0.15) is 0 Å². The number of anilines is 1. The predicted octanol–water partition coefficient (Wildman–Crippen LogP) is 1.94. The van der Waals surface area contributed by atoms with Crippen molar-refractivity contribution in [2.45, 2.75) is 26.0 Å². The summed E-state index contributed by atoms with van der Waals surface area (Å²) in [5.74, 6) is 1.98. The number of hydrogen-bond donors (Lipinski definition) is 1. The summed E-state index contributed by atoms with van der Waals surface area (Å²) in [6.07, 6.45) is 7.21. The molecule has 25 heavy (non-hydrogen) atoms. The van der Waals surface area contributed by atoms with E-state index in [0.717, 1.165) is 41.4 Å². The van der Waals surface area contributed by atoms with Crippen LogP contribution >= 0.6 is 0 Å². The Labute approximate surface area is 145 Å². The number of aromatic nitrogens is 5. The number of rotatable bonds is 3. The highest BCUT2D eigenvalue weighted by Crippen LogP contribution is 2.24. The van der Waals surface area contributed by atoms with E-state index in [-0.39, 0.29) is 0 Å². The largest absolute Gasteiger partial charge is 0.385 e. The van der Waals surface area contributed by atoms with Crippen molar-refractivity contribution < 1.29 is 5.11 Å². The standard InChI is InChI=1S/C18H18N6O/c1-12(25)17-20-8-4-16(23-17)24-9-5-15-14(11-24)10-21-18(22-15)13-2-6-19-7-3-13/h2-4,6-8,10,12,25H,5,9,11H2,1H3/t12-/m1/s1. The lowest BCUT2D eigenvalue weighted by Crippen LogP contribution is -2.32. The van der Waals surface area contributed by atoms with Crippen LogP contribution in [-0.4, -0.2) is 36.6 Å². The molecule has 0 saturated heterocycles. The summed E-state index contributed by atoms with van der Waals surface area (Å²) < 4.78 is 0. The van der Waals surface area contributed by atoms with Gasteiger partial charge in [0, 0.05) is 55.4 Å². The summed E-state index contributed by atoms with van der Waals surface area (Å²) >= 11 is 0. The van der Waals surface area contributed by atoms with Gasteiger partial charge >= 0.3 is 0 Å². The second kappa shape index (κ2) is 6.52. The maximum absolute atomic E-state index is 9.68. The van der Waals surface area contributed by atoms with E-state index in [1.807, 2.05) is 24.4 Å².